The summed E-state index contributed by atoms with van der Waals surface area (Å²) in [5.41, 5.74) is 6.09. The fourth-order valence-corrected chi connectivity index (χ4v) is 2.89. The molecule has 5 heteroatoms. The van der Waals surface area contributed by atoms with Crippen LogP contribution in [0, 0.1) is 13.8 Å². The van der Waals surface area contributed by atoms with Gasteiger partial charge in [0.1, 0.15) is 11.3 Å². The molecule has 0 bridgehead atoms. The zero-order valence-corrected chi connectivity index (χ0v) is 13.4. The summed E-state index contributed by atoms with van der Waals surface area (Å²) >= 11 is 0. The van der Waals surface area contributed by atoms with Crippen LogP contribution >= 0.6 is 0 Å². The number of benzene rings is 1. The van der Waals surface area contributed by atoms with E-state index < -0.39 is 0 Å². The van der Waals surface area contributed by atoms with Gasteiger partial charge < -0.3 is 4.57 Å². The van der Waals surface area contributed by atoms with Gasteiger partial charge in [-0.2, -0.15) is 0 Å². The highest BCUT2D eigenvalue weighted by atomic mass is 15.1. The maximum absolute atomic E-state index is 4.74. The highest BCUT2D eigenvalue weighted by Crippen LogP contribution is 2.25. The van der Waals surface area contributed by atoms with Crippen molar-refractivity contribution in [3.8, 4) is 0 Å². The number of hydrogen-bond acceptors (Lipinski definition) is 4. The zero-order valence-electron chi connectivity index (χ0n) is 13.4. The summed E-state index contributed by atoms with van der Waals surface area (Å²) in [6, 6.07) is 6.31. The van der Waals surface area contributed by atoms with E-state index in [1.807, 2.05) is 26.4 Å². The third-order valence-electron chi connectivity index (χ3n) is 4.12. The van der Waals surface area contributed by atoms with Crippen LogP contribution < -0.4 is 0 Å². The molecule has 0 N–H and O–H groups in total. The number of fused-ring (bicyclic) bond motifs is 3. The molecule has 0 aliphatic rings. The van der Waals surface area contributed by atoms with E-state index in [0.717, 1.165) is 39.1 Å². The summed E-state index contributed by atoms with van der Waals surface area (Å²) < 4.78 is 2.14. The SMILES string of the molecule is Cc1ccc2ncc3nc(Cc4cnc(C)cn4)n(C)c3c2c1. The zero-order chi connectivity index (χ0) is 16.0. The largest absolute Gasteiger partial charge is 0.330 e. The maximum atomic E-state index is 4.74. The van der Waals surface area contributed by atoms with Crippen molar-refractivity contribution in [1.29, 1.82) is 0 Å². The van der Waals surface area contributed by atoms with Crippen LogP contribution in [-0.2, 0) is 13.5 Å². The lowest BCUT2D eigenvalue weighted by molar-refractivity contribution is 0.828. The van der Waals surface area contributed by atoms with E-state index in [0.29, 0.717) is 6.42 Å². The molecule has 0 saturated heterocycles. The molecule has 3 heterocycles. The first-order chi connectivity index (χ1) is 11.1. The Kier molecular flexibility index (Phi) is 3.08. The summed E-state index contributed by atoms with van der Waals surface area (Å²) in [5.74, 6) is 0.967. The first kappa shape index (κ1) is 13.8. The molecule has 0 aliphatic heterocycles. The molecule has 0 amide bonds. The van der Waals surface area contributed by atoms with Crippen molar-refractivity contribution in [2.24, 2.45) is 7.05 Å². The van der Waals surface area contributed by atoms with E-state index >= 15 is 0 Å². The van der Waals surface area contributed by atoms with E-state index in [1.54, 1.807) is 6.20 Å². The number of aromatic nitrogens is 5. The Balaban J connectivity index is 1.88. The van der Waals surface area contributed by atoms with E-state index in [-0.39, 0.29) is 0 Å². The Bertz CT molecular complexity index is 1020. The van der Waals surface area contributed by atoms with Gasteiger partial charge in [-0.05, 0) is 26.0 Å². The van der Waals surface area contributed by atoms with Gasteiger partial charge in [0.05, 0.1) is 28.6 Å². The second-order valence-electron chi connectivity index (χ2n) is 5.93. The van der Waals surface area contributed by atoms with Gasteiger partial charge in [0.15, 0.2) is 0 Å². The third kappa shape index (κ3) is 2.34. The van der Waals surface area contributed by atoms with Crippen LogP contribution in [0.5, 0.6) is 0 Å². The Labute approximate surface area is 134 Å². The summed E-state index contributed by atoms with van der Waals surface area (Å²) in [7, 11) is 2.05. The Morgan fingerprint density at radius 3 is 2.61 bits per heavy atom. The predicted octanol–water partition coefficient (Wildman–Crippen LogP) is 3.12. The monoisotopic (exact) mass is 303 g/mol. The molecule has 4 aromatic rings. The molecule has 3 aromatic heterocycles. The molecule has 0 spiro atoms. The highest BCUT2D eigenvalue weighted by Gasteiger charge is 2.13. The van der Waals surface area contributed by atoms with Crippen molar-refractivity contribution in [3.63, 3.8) is 0 Å². The first-order valence-electron chi connectivity index (χ1n) is 7.60. The maximum Gasteiger partial charge on any atom is 0.115 e. The number of aryl methyl sites for hydroxylation is 3. The van der Waals surface area contributed by atoms with Gasteiger partial charge in [-0.15, -0.1) is 0 Å². The topological polar surface area (TPSA) is 56.5 Å². The number of rotatable bonds is 2. The van der Waals surface area contributed by atoms with Crippen molar-refractivity contribution in [3.05, 3.63) is 59.6 Å². The van der Waals surface area contributed by atoms with Gasteiger partial charge in [0.2, 0.25) is 0 Å². The van der Waals surface area contributed by atoms with E-state index in [4.69, 9.17) is 4.98 Å². The van der Waals surface area contributed by atoms with Gasteiger partial charge >= 0.3 is 0 Å². The van der Waals surface area contributed by atoms with Gasteiger partial charge in [0.25, 0.3) is 0 Å². The Morgan fingerprint density at radius 2 is 1.83 bits per heavy atom. The number of hydrogen-bond donors (Lipinski definition) is 0. The number of imidazole rings is 1. The summed E-state index contributed by atoms with van der Waals surface area (Å²) in [6.07, 6.45) is 6.11. The van der Waals surface area contributed by atoms with Crippen LogP contribution in [0.25, 0.3) is 21.9 Å². The minimum absolute atomic E-state index is 0.659. The van der Waals surface area contributed by atoms with Gasteiger partial charge in [-0.3, -0.25) is 15.0 Å². The Hall–Kier alpha value is -2.82. The van der Waals surface area contributed by atoms with Crippen molar-refractivity contribution >= 4 is 21.9 Å². The fourth-order valence-electron chi connectivity index (χ4n) is 2.89. The van der Waals surface area contributed by atoms with Crippen molar-refractivity contribution < 1.29 is 0 Å². The molecule has 1 aromatic carbocycles. The normalized spacial score (nSPS) is 11.4. The number of nitrogens with zero attached hydrogens (tertiary/aromatic N) is 5. The molecular formula is C18H17N5. The van der Waals surface area contributed by atoms with Crippen LogP contribution in [0.3, 0.4) is 0 Å². The van der Waals surface area contributed by atoms with E-state index in [2.05, 4.69) is 44.6 Å². The lowest BCUT2D eigenvalue weighted by atomic mass is 10.1. The van der Waals surface area contributed by atoms with Crippen LogP contribution in [0.15, 0.2) is 36.8 Å². The van der Waals surface area contributed by atoms with Gasteiger partial charge in [0, 0.05) is 31.2 Å². The molecule has 114 valence electrons. The van der Waals surface area contributed by atoms with Gasteiger partial charge in [-0.1, -0.05) is 11.6 Å². The first-order valence-corrected chi connectivity index (χ1v) is 7.60. The number of pyridine rings is 1. The smallest absolute Gasteiger partial charge is 0.115 e. The molecule has 0 aliphatic carbocycles. The van der Waals surface area contributed by atoms with E-state index in [1.165, 1.54) is 5.56 Å². The second kappa shape index (κ2) is 5.12. The third-order valence-corrected chi connectivity index (χ3v) is 4.12. The molecule has 5 nitrogen and oxygen atoms in total. The lowest BCUT2D eigenvalue weighted by Gasteiger charge is -2.05. The van der Waals surface area contributed by atoms with Crippen molar-refractivity contribution in [2.45, 2.75) is 20.3 Å². The van der Waals surface area contributed by atoms with E-state index in [9.17, 15) is 0 Å². The standard InChI is InChI=1S/C18H17N5/c1-11-4-5-15-14(6-11)18-16(10-21-15)22-17(23(18)3)7-13-9-19-12(2)8-20-13/h4-6,8-10H,7H2,1-3H3. The van der Waals surface area contributed by atoms with Crippen molar-refractivity contribution in [2.75, 3.05) is 0 Å². The Morgan fingerprint density at radius 1 is 0.957 bits per heavy atom. The molecule has 0 atom stereocenters. The minimum atomic E-state index is 0.659. The average Bonchev–Trinajstić information content (AvgIpc) is 2.86. The van der Waals surface area contributed by atoms with Crippen LogP contribution in [0.4, 0.5) is 0 Å². The molecule has 4 rings (SSSR count). The second-order valence-corrected chi connectivity index (χ2v) is 5.93. The summed E-state index contributed by atoms with van der Waals surface area (Å²) in [4.78, 5) is 18.0. The van der Waals surface area contributed by atoms with Crippen LogP contribution in [0.1, 0.15) is 22.8 Å². The van der Waals surface area contributed by atoms with Crippen LogP contribution in [-0.4, -0.2) is 24.5 Å². The molecule has 23 heavy (non-hydrogen) atoms. The molecule has 0 unspecified atom stereocenters. The highest BCUT2D eigenvalue weighted by molar-refractivity contribution is 6.02. The quantitative estimate of drug-likeness (QED) is 0.571. The molecule has 0 radical (unpaired) electrons. The average molecular weight is 303 g/mol. The summed E-state index contributed by atoms with van der Waals surface area (Å²) in [6.45, 7) is 4.03. The van der Waals surface area contributed by atoms with Crippen LogP contribution in [0.2, 0.25) is 0 Å². The fraction of sp³-hybridized carbons (Fsp3) is 0.222. The molecule has 0 fully saturated rings. The molecule has 0 saturated carbocycles. The molecular weight excluding hydrogens is 286 g/mol. The van der Waals surface area contributed by atoms with Crippen molar-refractivity contribution in [1.82, 2.24) is 24.5 Å². The summed E-state index contributed by atoms with van der Waals surface area (Å²) in [5, 5.41) is 1.14. The minimum Gasteiger partial charge on any atom is -0.330 e. The lowest BCUT2D eigenvalue weighted by Crippen LogP contribution is -2.02. The predicted molar refractivity (Wildman–Crippen MR) is 90.3 cm³/mol. The van der Waals surface area contributed by atoms with Gasteiger partial charge in [-0.25, -0.2) is 4.98 Å².